The zero-order valence-corrected chi connectivity index (χ0v) is 8.59. The molecule has 0 radical (unpaired) electrons. The third-order valence-corrected chi connectivity index (χ3v) is 2.25. The largest absolute Gasteiger partial charge is 0.369 e. The van der Waals surface area contributed by atoms with Gasteiger partial charge in [0.15, 0.2) is 0 Å². The van der Waals surface area contributed by atoms with Crippen molar-refractivity contribution >= 4 is 29.2 Å². The van der Waals surface area contributed by atoms with Gasteiger partial charge in [0.25, 0.3) is 0 Å². The lowest BCUT2D eigenvalue weighted by Crippen LogP contribution is -2.46. The fourth-order valence-corrected chi connectivity index (χ4v) is 1.63. The van der Waals surface area contributed by atoms with Crippen LogP contribution in [0, 0.1) is 0 Å². The molecule has 0 spiro atoms. The molecule has 4 N–H and O–H groups in total. The first-order valence-corrected chi connectivity index (χ1v) is 4.78. The zero-order chi connectivity index (χ0) is 10.8. The van der Waals surface area contributed by atoms with Crippen LogP contribution in [0.4, 0.5) is 5.69 Å². The van der Waals surface area contributed by atoms with Crippen LogP contribution >= 0.6 is 11.6 Å². The van der Waals surface area contributed by atoms with E-state index in [0.29, 0.717) is 0 Å². The summed E-state index contributed by atoms with van der Waals surface area (Å²) >= 11 is 6.00. The first kappa shape index (κ1) is 9.79. The van der Waals surface area contributed by atoms with Crippen LogP contribution in [0.2, 0.25) is 0 Å². The van der Waals surface area contributed by atoms with E-state index in [1.54, 1.807) is 4.90 Å². The van der Waals surface area contributed by atoms with Gasteiger partial charge in [-0.25, -0.2) is 4.99 Å². The van der Waals surface area contributed by atoms with Crippen molar-refractivity contribution in [3.8, 4) is 0 Å². The molecule has 0 amide bonds. The highest BCUT2D eigenvalue weighted by Crippen LogP contribution is 2.20. The number of aliphatic imine (C=N–C) groups is 2. The van der Waals surface area contributed by atoms with Crippen LogP contribution in [-0.2, 0) is 0 Å². The van der Waals surface area contributed by atoms with Gasteiger partial charge in [0.2, 0.25) is 17.5 Å². The third kappa shape index (κ3) is 1.87. The second-order valence-corrected chi connectivity index (χ2v) is 3.36. The normalized spacial score (nSPS) is 20.9. The van der Waals surface area contributed by atoms with Gasteiger partial charge in [-0.3, -0.25) is 4.90 Å². The number of nitrogens with two attached hydrogens (primary N) is 2. The number of anilines is 1. The van der Waals surface area contributed by atoms with E-state index in [1.165, 1.54) is 0 Å². The number of rotatable bonds is 1. The first-order valence-electron chi connectivity index (χ1n) is 4.34. The van der Waals surface area contributed by atoms with Gasteiger partial charge in [-0.2, -0.15) is 4.99 Å². The lowest BCUT2D eigenvalue weighted by Gasteiger charge is -2.28. The lowest BCUT2D eigenvalue weighted by molar-refractivity contribution is 0.897. The van der Waals surface area contributed by atoms with Crippen LogP contribution in [0.25, 0.3) is 0 Å². The summed E-state index contributed by atoms with van der Waals surface area (Å²) in [5.74, 6) is 0.341. The fraction of sp³-hybridized carbons (Fsp3) is 0.111. The summed E-state index contributed by atoms with van der Waals surface area (Å²) in [5.41, 5.74) is 11.3. The second-order valence-electron chi connectivity index (χ2n) is 2.97. The summed E-state index contributed by atoms with van der Waals surface area (Å²) in [4.78, 5) is 9.36. The van der Waals surface area contributed by atoms with E-state index in [4.69, 9.17) is 23.1 Å². The smallest absolute Gasteiger partial charge is 0.221 e. The second kappa shape index (κ2) is 3.78. The molecular weight excluding hydrogens is 214 g/mol. The molecule has 0 saturated heterocycles. The SMILES string of the molecule is NC1=NC(Cl)N(c2ccccc2)C(N)=N1. The molecule has 15 heavy (non-hydrogen) atoms. The topological polar surface area (TPSA) is 80.0 Å². The number of para-hydroxylation sites is 1. The van der Waals surface area contributed by atoms with Crippen molar-refractivity contribution in [1.29, 1.82) is 0 Å². The highest BCUT2D eigenvalue weighted by atomic mass is 35.5. The van der Waals surface area contributed by atoms with Gasteiger partial charge in [-0.15, -0.1) is 0 Å². The van der Waals surface area contributed by atoms with Crippen molar-refractivity contribution in [3.05, 3.63) is 30.3 Å². The molecule has 78 valence electrons. The van der Waals surface area contributed by atoms with E-state index in [0.717, 1.165) is 5.69 Å². The Morgan fingerprint density at radius 3 is 2.47 bits per heavy atom. The van der Waals surface area contributed by atoms with Crippen molar-refractivity contribution in [1.82, 2.24) is 0 Å². The number of nitrogens with zero attached hydrogens (tertiary/aromatic N) is 3. The summed E-state index contributed by atoms with van der Waals surface area (Å²) in [6.07, 6.45) is 0. The molecule has 1 aromatic rings. The minimum atomic E-state index is -0.648. The highest BCUT2D eigenvalue weighted by molar-refractivity contribution is 6.26. The minimum Gasteiger partial charge on any atom is -0.369 e. The Morgan fingerprint density at radius 2 is 1.87 bits per heavy atom. The predicted molar refractivity (Wildman–Crippen MR) is 61.8 cm³/mol. The Labute approximate surface area is 92.1 Å². The summed E-state index contributed by atoms with van der Waals surface area (Å²) in [5, 5.41) is 0. The Bertz CT molecular complexity index is 414. The quantitative estimate of drug-likeness (QED) is 0.542. The van der Waals surface area contributed by atoms with Crippen molar-refractivity contribution in [3.63, 3.8) is 0 Å². The van der Waals surface area contributed by atoms with Crippen molar-refractivity contribution in [2.24, 2.45) is 21.5 Å². The van der Waals surface area contributed by atoms with Crippen LogP contribution in [0.3, 0.4) is 0 Å². The zero-order valence-electron chi connectivity index (χ0n) is 7.84. The summed E-state index contributed by atoms with van der Waals surface area (Å²) in [7, 11) is 0. The summed E-state index contributed by atoms with van der Waals surface area (Å²) in [6, 6.07) is 9.41. The van der Waals surface area contributed by atoms with Gasteiger partial charge in [-0.05, 0) is 12.1 Å². The van der Waals surface area contributed by atoms with E-state index in [2.05, 4.69) is 9.98 Å². The average Bonchev–Trinajstić information content (AvgIpc) is 2.17. The monoisotopic (exact) mass is 223 g/mol. The van der Waals surface area contributed by atoms with E-state index in [-0.39, 0.29) is 11.9 Å². The number of alkyl halides is 1. The van der Waals surface area contributed by atoms with E-state index in [9.17, 15) is 0 Å². The van der Waals surface area contributed by atoms with Gasteiger partial charge in [-0.1, -0.05) is 29.8 Å². The molecule has 0 aliphatic carbocycles. The number of hydrogen-bond donors (Lipinski definition) is 2. The first-order chi connectivity index (χ1) is 7.18. The maximum atomic E-state index is 6.00. The van der Waals surface area contributed by atoms with Crippen molar-refractivity contribution < 1.29 is 0 Å². The predicted octanol–water partition coefficient (Wildman–Crippen LogP) is 0.658. The van der Waals surface area contributed by atoms with Gasteiger partial charge in [0.1, 0.15) is 0 Å². The number of hydrogen-bond acceptors (Lipinski definition) is 5. The number of benzene rings is 1. The van der Waals surface area contributed by atoms with Crippen LogP contribution < -0.4 is 16.4 Å². The van der Waals surface area contributed by atoms with Crippen LogP contribution in [-0.4, -0.2) is 17.5 Å². The van der Waals surface area contributed by atoms with E-state index in [1.807, 2.05) is 30.3 Å². The molecule has 1 aliphatic rings. The van der Waals surface area contributed by atoms with Gasteiger partial charge < -0.3 is 11.5 Å². The molecule has 1 heterocycles. The Hall–Kier alpha value is -1.75. The van der Waals surface area contributed by atoms with Crippen molar-refractivity contribution in [2.45, 2.75) is 5.62 Å². The van der Waals surface area contributed by atoms with Gasteiger partial charge in [0.05, 0.1) is 0 Å². The lowest BCUT2D eigenvalue weighted by atomic mass is 10.3. The number of guanidine groups is 2. The maximum absolute atomic E-state index is 6.00. The molecule has 1 aliphatic heterocycles. The Balaban J connectivity index is 2.36. The third-order valence-electron chi connectivity index (χ3n) is 1.96. The molecule has 2 rings (SSSR count). The average molecular weight is 224 g/mol. The Morgan fingerprint density at radius 1 is 1.20 bits per heavy atom. The van der Waals surface area contributed by atoms with Crippen LogP contribution in [0.15, 0.2) is 40.3 Å². The highest BCUT2D eigenvalue weighted by Gasteiger charge is 2.23. The van der Waals surface area contributed by atoms with Crippen LogP contribution in [0.1, 0.15) is 0 Å². The molecule has 1 unspecified atom stereocenters. The molecule has 0 saturated carbocycles. The molecule has 0 fully saturated rings. The minimum absolute atomic E-state index is 0.0969. The van der Waals surface area contributed by atoms with Gasteiger partial charge >= 0.3 is 0 Å². The molecule has 6 heteroatoms. The molecule has 5 nitrogen and oxygen atoms in total. The Kier molecular flexibility index (Phi) is 2.47. The fourth-order valence-electron chi connectivity index (χ4n) is 1.32. The molecule has 1 aromatic carbocycles. The maximum Gasteiger partial charge on any atom is 0.221 e. The molecular formula is C9H10ClN5. The van der Waals surface area contributed by atoms with Gasteiger partial charge in [0, 0.05) is 5.69 Å². The number of halogens is 1. The summed E-state index contributed by atoms with van der Waals surface area (Å²) in [6.45, 7) is 0. The van der Waals surface area contributed by atoms with Crippen molar-refractivity contribution in [2.75, 3.05) is 4.90 Å². The van der Waals surface area contributed by atoms with Crippen LogP contribution in [0.5, 0.6) is 0 Å². The molecule has 0 aromatic heterocycles. The standard InChI is InChI=1S/C9H10ClN5/c10-7-13-8(11)14-9(12)15(7)6-4-2-1-3-5-6/h1-5,7H,(H4,11,12,13,14). The molecule has 0 bridgehead atoms. The van der Waals surface area contributed by atoms with E-state index >= 15 is 0 Å². The summed E-state index contributed by atoms with van der Waals surface area (Å²) < 4.78 is 0. The van der Waals surface area contributed by atoms with E-state index < -0.39 is 5.62 Å². The molecule has 1 atom stereocenters.